The molecule has 10 heteroatoms. The van der Waals surface area contributed by atoms with E-state index in [1.165, 1.54) is 12.1 Å². The third-order valence-electron chi connectivity index (χ3n) is 5.56. The molecule has 0 bridgehead atoms. The maximum Gasteiger partial charge on any atom is 0.573 e. The van der Waals surface area contributed by atoms with E-state index in [0.29, 0.717) is 36.6 Å². The molecule has 2 heterocycles. The molecule has 0 atom stereocenters. The molecule has 0 saturated heterocycles. The van der Waals surface area contributed by atoms with Crippen LogP contribution in [0.2, 0.25) is 0 Å². The molecule has 4 aromatic rings. The molecule has 0 spiro atoms. The molecule has 2 aromatic carbocycles. The van der Waals surface area contributed by atoms with Crippen molar-refractivity contribution in [2.75, 3.05) is 13.2 Å². The summed E-state index contributed by atoms with van der Waals surface area (Å²) in [4.78, 5) is 11.8. The van der Waals surface area contributed by atoms with Gasteiger partial charge in [-0.05, 0) is 73.7 Å². The van der Waals surface area contributed by atoms with Gasteiger partial charge in [0, 0.05) is 30.6 Å². The van der Waals surface area contributed by atoms with Crippen molar-refractivity contribution in [2.24, 2.45) is 7.05 Å². The number of rotatable bonds is 10. The van der Waals surface area contributed by atoms with Gasteiger partial charge in [0.05, 0.1) is 24.4 Å². The monoisotopic (exact) mass is 501 g/mol. The Kier molecular flexibility index (Phi) is 7.52. The van der Waals surface area contributed by atoms with Crippen LogP contribution in [0.3, 0.4) is 0 Å². The summed E-state index contributed by atoms with van der Waals surface area (Å²) in [5, 5.41) is 5.48. The number of aromatic nitrogens is 3. The van der Waals surface area contributed by atoms with Crippen molar-refractivity contribution in [3.63, 3.8) is 0 Å². The largest absolute Gasteiger partial charge is 0.573 e. The fourth-order valence-corrected chi connectivity index (χ4v) is 3.89. The van der Waals surface area contributed by atoms with Crippen molar-refractivity contribution >= 4 is 16.9 Å². The van der Waals surface area contributed by atoms with Crippen LogP contribution in [0, 0.1) is 0 Å². The molecule has 0 aliphatic heterocycles. The first-order valence-electron chi connectivity index (χ1n) is 11.5. The second-order valence-electron chi connectivity index (χ2n) is 8.14. The van der Waals surface area contributed by atoms with Crippen LogP contribution >= 0.6 is 0 Å². The van der Waals surface area contributed by atoms with Crippen molar-refractivity contribution < 1.29 is 32.2 Å². The molecule has 0 fully saturated rings. The summed E-state index contributed by atoms with van der Waals surface area (Å²) < 4.78 is 55.5. The first-order chi connectivity index (χ1) is 17.2. The number of alkyl halides is 3. The molecule has 0 unspecified atom stereocenters. The van der Waals surface area contributed by atoms with Crippen LogP contribution in [-0.2, 0) is 29.5 Å². The number of hydrogen-bond donors (Lipinski definition) is 0. The lowest BCUT2D eigenvalue weighted by atomic mass is 10.1. The Bertz CT molecular complexity index is 1330. The molecule has 190 valence electrons. The van der Waals surface area contributed by atoms with E-state index in [1.54, 1.807) is 23.7 Å². The van der Waals surface area contributed by atoms with Crippen LogP contribution in [0.4, 0.5) is 13.2 Å². The number of benzene rings is 2. The zero-order valence-corrected chi connectivity index (χ0v) is 19.9. The van der Waals surface area contributed by atoms with Crippen molar-refractivity contribution in [1.82, 2.24) is 14.3 Å². The average molecular weight is 502 g/mol. The van der Waals surface area contributed by atoms with E-state index in [9.17, 15) is 18.0 Å². The molecule has 36 heavy (non-hydrogen) atoms. The Morgan fingerprint density at radius 3 is 2.50 bits per heavy atom. The van der Waals surface area contributed by atoms with Crippen molar-refractivity contribution in [3.05, 3.63) is 66.5 Å². The molecule has 4 rings (SSSR count). The number of esters is 1. The van der Waals surface area contributed by atoms with E-state index in [-0.39, 0.29) is 18.3 Å². The first-order valence-corrected chi connectivity index (χ1v) is 11.5. The van der Waals surface area contributed by atoms with Gasteiger partial charge < -0.3 is 18.8 Å². The number of aryl methyl sites for hydroxylation is 2. The van der Waals surface area contributed by atoms with Crippen molar-refractivity contribution in [2.45, 2.75) is 32.7 Å². The Morgan fingerprint density at radius 1 is 1.03 bits per heavy atom. The number of carbonyl (C=O) groups excluding carboxylic acids is 1. The Labute approximate surface area is 206 Å². The molecule has 0 saturated carbocycles. The molecule has 0 N–H and O–H groups in total. The van der Waals surface area contributed by atoms with Gasteiger partial charge in [-0.2, -0.15) is 5.10 Å². The number of fused-ring (bicyclic) bond motifs is 1. The van der Waals surface area contributed by atoms with Crippen LogP contribution in [0.5, 0.6) is 11.5 Å². The zero-order valence-electron chi connectivity index (χ0n) is 19.9. The van der Waals surface area contributed by atoms with Crippen molar-refractivity contribution in [3.8, 4) is 22.8 Å². The molecular weight excluding hydrogens is 475 g/mol. The van der Waals surface area contributed by atoms with E-state index < -0.39 is 6.36 Å². The first kappa shape index (κ1) is 25.2. The minimum atomic E-state index is -4.72. The lowest BCUT2D eigenvalue weighted by Crippen LogP contribution is -2.16. The van der Waals surface area contributed by atoms with Crippen molar-refractivity contribution in [1.29, 1.82) is 0 Å². The van der Waals surface area contributed by atoms with Crippen LogP contribution in [0.15, 0.2) is 60.8 Å². The van der Waals surface area contributed by atoms with Gasteiger partial charge in [0.1, 0.15) is 18.0 Å². The Balaban J connectivity index is 1.33. The minimum Gasteiger partial charge on any atom is -0.494 e. The summed E-state index contributed by atoms with van der Waals surface area (Å²) in [5.74, 6) is 0.145. The SMILES string of the molecule is CCOC(=O)Cn1ccc2ccc(OCCCc3cc(-c4ccc(OC(F)(F)F)cc4)nn3C)cc21. The third kappa shape index (κ3) is 6.38. The summed E-state index contributed by atoms with van der Waals surface area (Å²) in [6, 6.07) is 15.2. The number of hydrogen-bond acceptors (Lipinski definition) is 5. The predicted molar refractivity (Wildman–Crippen MR) is 128 cm³/mol. The highest BCUT2D eigenvalue weighted by atomic mass is 19.4. The third-order valence-corrected chi connectivity index (χ3v) is 5.56. The molecule has 0 radical (unpaired) electrons. The Morgan fingerprint density at radius 2 is 1.78 bits per heavy atom. The van der Waals surface area contributed by atoms with E-state index in [2.05, 4.69) is 9.84 Å². The number of carbonyl (C=O) groups is 1. The van der Waals surface area contributed by atoms with E-state index >= 15 is 0 Å². The lowest BCUT2D eigenvalue weighted by Gasteiger charge is -2.09. The van der Waals surface area contributed by atoms with Crippen LogP contribution in [0.1, 0.15) is 19.0 Å². The number of nitrogens with zero attached hydrogens (tertiary/aromatic N) is 3. The van der Waals surface area contributed by atoms with Crippen LogP contribution in [-0.4, -0.2) is 39.9 Å². The van der Waals surface area contributed by atoms with Crippen LogP contribution in [0.25, 0.3) is 22.2 Å². The van der Waals surface area contributed by atoms with E-state index in [0.717, 1.165) is 23.0 Å². The van der Waals surface area contributed by atoms with E-state index in [1.807, 2.05) is 48.1 Å². The number of ether oxygens (including phenoxy) is 3. The van der Waals surface area contributed by atoms with Gasteiger partial charge in [-0.25, -0.2) is 0 Å². The lowest BCUT2D eigenvalue weighted by molar-refractivity contribution is -0.274. The summed E-state index contributed by atoms with van der Waals surface area (Å²) in [5.41, 5.74) is 3.23. The second-order valence-corrected chi connectivity index (χ2v) is 8.14. The molecule has 0 amide bonds. The quantitative estimate of drug-likeness (QED) is 0.212. The Hall–Kier alpha value is -3.95. The average Bonchev–Trinajstić information content (AvgIpc) is 3.39. The highest BCUT2D eigenvalue weighted by Gasteiger charge is 2.31. The summed E-state index contributed by atoms with van der Waals surface area (Å²) in [6.07, 6.45) is -1.43. The zero-order chi connectivity index (χ0) is 25.7. The highest BCUT2D eigenvalue weighted by Crippen LogP contribution is 2.27. The smallest absolute Gasteiger partial charge is 0.494 e. The molecule has 7 nitrogen and oxygen atoms in total. The maximum atomic E-state index is 12.4. The summed E-state index contributed by atoms with van der Waals surface area (Å²) in [7, 11) is 1.83. The summed E-state index contributed by atoms with van der Waals surface area (Å²) >= 11 is 0. The van der Waals surface area contributed by atoms with E-state index in [4.69, 9.17) is 9.47 Å². The fraction of sp³-hybridized carbons (Fsp3) is 0.308. The van der Waals surface area contributed by atoms with Gasteiger partial charge in [-0.1, -0.05) is 0 Å². The number of halogens is 3. The standard InChI is InChI=1S/C26H26F3N3O4/c1-3-34-25(33)17-32-13-12-19-8-11-22(16-24(19)32)35-14-4-5-20-15-23(30-31(20)2)18-6-9-21(10-7-18)36-26(27,28)29/h6-13,15-16H,3-5,14,17H2,1-2H3. The van der Waals surface area contributed by atoms with Gasteiger partial charge in [-0.15, -0.1) is 13.2 Å². The fourth-order valence-electron chi connectivity index (χ4n) is 3.89. The van der Waals surface area contributed by atoms with Gasteiger partial charge in [0.15, 0.2) is 0 Å². The van der Waals surface area contributed by atoms with Gasteiger partial charge in [-0.3, -0.25) is 9.48 Å². The molecule has 0 aliphatic rings. The second kappa shape index (κ2) is 10.8. The predicted octanol–water partition coefficient (Wildman–Crippen LogP) is 5.52. The van der Waals surface area contributed by atoms with Gasteiger partial charge >= 0.3 is 12.3 Å². The van der Waals surface area contributed by atoms with Crippen LogP contribution < -0.4 is 9.47 Å². The normalized spacial score (nSPS) is 11.6. The molecular formula is C26H26F3N3O4. The minimum absolute atomic E-state index is 0.141. The molecule has 2 aromatic heterocycles. The van der Waals surface area contributed by atoms with Gasteiger partial charge in [0.25, 0.3) is 0 Å². The topological polar surface area (TPSA) is 67.5 Å². The molecule has 0 aliphatic carbocycles. The highest BCUT2D eigenvalue weighted by molar-refractivity contribution is 5.83. The summed E-state index contributed by atoms with van der Waals surface area (Å²) in [6.45, 7) is 2.74. The maximum absolute atomic E-state index is 12.4. The van der Waals surface area contributed by atoms with Gasteiger partial charge in [0.2, 0.25) is 0 Å².